The van der Waals surface area contributed by atoms with E-state index < -0.39 is 15.8 Å². The van der Waals surface area contributed by atoms with E-state index in [9.17, 15) is 12.8 Å². The molecule has 0 saturated carbocycles. The zero-order valence-electron chi connectivity index (χ0n) is 10.7. The van der Waals surface area contributed by atoms with Crippen LogP contribution in [0.3, 0.4) is 0 Å². The Balaban J connectivity index is 2.47. The average Bonchev–Trinajstić information content (AvgIpc) is 2.33. The van der Waals surface area contributed by atoms with Crippen LogP contribution in [0, 0.1) is 5.82 Å². The molecule has 4 nitrogen and oxygen atoms in total. The van der Waals surface area contributed by atoms with E-state index in [0.29, 0.717) is 17.4 Å². The zero-order valence-corrected chi connectivity index (χ0v) is 13.2. The molecule has 0 fully saturated rings. The highest BCUT2D eigenvalue weighted by Gasteiger charge is 2.11. The molecule has 0 atom stereocenters. The van der Waals surface area contributed by atoms with E-state index >= 15 is 0 Å². The number of hydrogen-bond acceptors (Lipinski definition) is 3. The fourth-order valence-electron chi connectivity index (χ4n) is 1.48. The van der Waals surface area contributed by atoms with Crippen molar-refractivity contribution >= 4 is 31.6 Å². The van der Waals surface area contributed by atoms with Gasteiger partial charge in [-0.2, -0.15) is 0 Å². The molecule has 0 spiro atoms. The van der Waals surface area contributed by atoms with Crippen molar-refractivity contribution in [2.45, 2.75) is 19.8 Å². The van der Waals surface area contributed by atoms with Gasteiger partial charge in [-0.05, 0) is 60.1 Å². The van der Waals surface area contributed by atoms with Crippen LogP contribution in [0.1, 0.15) is 19.8 Å². The summed E-state index contributed by atoms with van der Waals surface area (Å²) in [4.78, 5) is 0. The summed E-state index contributed by atoms with van der Waals surface area (Å²) in [6.45, 7) is 3.59. The maximum absolute atomic E-state index is 13.3. The molecule has 0 radical (unpaired) electrons. The van der Waals surface area contributed by atoms with Gasteiger partial charge in [0.25, 0.3) is 0 Å². The molecule has 19 heavy (non-hydrogen) atoms. The lowest BCUT2D eigenvalue weighted by Gasteiger charge is -2.09. The molecule has 0 bridgehead atoms. The first kappa shape index (κ1) is 16.4. The fourth-order valence-corrected chi connectivity index (χ4v) is 2.84. The molecular formula is C12H18BrFN2O2S. The molecule has 1 aromatic rings. The number of benzene rings is 1. The van der Waals surface area contributed by atoms with Gasteiger partial charge in [0.1, 0.15) is 5.82 Å². The van der Waals surface area contributed by atoms with Crippen LogP contribution < -0.4 is 10.0 Å². The van der Waals surface area contributed by atoms with Gasteiger partial charge in [-0.15, -0.1) is 0 Å². The van der Waals surface area contributed by atoms with Gasteiger partial charge in [0.05, 0.1) is 15.9 Å². The Morgan fingerprint density at radius 3 is 2.68 bits per heavy atom. The highest BCUT2D eigenvalue weighted by molar-refractivity contribution is 9.10. The molecule has 0 aliphatic rings. The Morgan fingerprint density at radius 2 is 2.05 bits per heavy atom. The highest BCUT2D eigenvalue weighted by Crippen LogP contribution is 2.20. The third-order valence-electron chi connectivity index (χ3n) is 2.39. The van der Waals surface area contributed by atoms with Crippen molar-refractivity contribution in [3.05, 3.63) is 28.5 Å². The van der Waals surface area contributed by atoms with E-state index in [0.717, 1.165) is 19.0 Å². The van der Waals surface area contributed by atoms with Crippen molar-refractivity contribution in [3.8, 4) is 0 Å². The summed E-state index contributed by atoms with van der Waals surface area (Å²) in [5, 5.41) is 3.13. The maximum Gasteiger partial charge on any atom is 0.232 e. The van der Waals surface area contributed by atoms with Crippen molar-refractivity contribution in [1.29, 1.82) is 0 Å². The summed E-state index contributed by atoms with van der Waals surface area (Å²) >= 11 is 3.01. The van der Waals surface area contributed by atoms with Crippen LogP contribution in [-0.4, -0.2) is 27.3 Å². The van der Waals surface area contributed by atoms with Gasteiger partial charge in [0.15, 0.2) is 0 Å². The molecule has 0 aliphatic carbocycles. The summed E-state index contributed by atoms with van der Waals surface area (Å²) in [6.07, 6.45) is 1.54. The highest BCUT2D eigenvalue weighted by atomic mass is 79.9. The SMILES string of the molecule is CCCNCCCS(=O)(=O)Nc1ccc(Br)c(F)c1. The molecule has 0 aliphatic heterocycles. The van der Waals surface area contributed by atoms with Crippen molar-refractivity contribution in [2.75, 3.05) is 23.6 Å². The van der Waals surface area contributed by atoms with E-state index in [2.05, 4.69) is 26.0 Å². The summed E-state index contributed by atoms with van der Waals surface area (Å²) in [7, 11) is -3.42. The van der Waals surface area contributed by atoms with Crippen LogP contribution >= 0.6 is 15.9 Å². The minimum absolute atomic E-state index is 0.0153. The van der Waals surface area contributed by atoms with Crippen LogP contribution in [0.25, 0.3) is 0 Å². The third kappa shape index (κ3) is 6.35. The Kier molecular flexibility index (Phi) is 6.74. The molecule has 0 saturated heterocycles. The monoisotopic (exact) mass is 352 g/mol. The zero-order chi connectivity index (χ0) is 14.3. The molecule has 108 valence electrons. The van der Waals surface area contributed by atoms with E-state index in [4.69, 9.17) is 0 Å². The van der Waals surface area contributed by atoms with Gasteiger partial charge < -0.3 is 5.32 Å². The fraction of sp³-hybridized carbons (Fsp3) is 0.500. The van der Waals surface area contributed by atoms with E-state index in [-0.39, 0.29) is 11.4 Å². The molecular weight excluding hydrogens is 335 g/mol. The standard InChI is InChI=1S/C12H18BrFN2O2S/c1-2-6-15-7-3-8-19(17,18)16-10-4-5-11(13)12(14)9-10/h4-5,9,15-16H,2-3,6-8H2,1H3. The number of rotatable bonds is 8. The Morgan fingerprint density at radius 1 is 1.32 bits per heavy atom. The quantitative estimate of drug-likeness (QED) is 0.707. The second-order valence-electron chi connectivity index (χ2n) is 4.15. The molecule has 2 N–H and O–H groups in total. The molecule has 1 rings (SSSR count). The van der Waals surface area contributed by atoms with Crippen LogP contribution in [-0.2, 0) is 10.0 Å². The summed E-state index contributed by atoms with van der Waals surface area (Å²) < 4.78 is 39.4. The summed E-state index contributed by atoms with van der Waals surface area (Å²) in [5.41, 5.74) is 0.238. The third-order valence-corrected chi connectivity index (χ3v) is 4.40. The summed E-state index contributed by atoms with van der Waals surface area (Å²) in [6, 6.07) is 4.13. The van der Waals surface area contributed by atoms with Crippen LogP contribution in [0.2, 0.25) is 0 Å². The molecule has 0 amide bonds. The smallest absolute Gasteiger partial charge is 0.232 e. The molecule has 0 aromatic heterocycles. The van der Waals surface area contributed by atoms with E-state index in [1.165, 1.54) is 12.1 Å². The van der Waals surface area contributed by atoms with Crippen molar-refractivity contribution in [3.63, 3.8) is 0 Å². The minimum atomic E-state index is -3.42. The number of nitrogens with one attached hydrogen (secondary N) is 2. The van der Waals surface area contributed by atoms with Crippen molar-refractivity contribution < 1.29 is 12.8 Å². The van der Waals surface area contributed by atoms with Gasteiger partial charge in [-0.3, -0.25) is 4.72 Å². The molecule has 0 unspecified atom stereocenters. The Labute approximate surface area is 122 Å². The van der Waals surface area contributed by atoms with Crippen LogP contribution in [0.4, 0.5) is 10.1 Å². The normalized spacial score (nSPS) is 11.5. The predicted molar refractivity (Wildman–Crippen MR) is 79.3 cm³/mol. The molecule has 7 heteroatoms. The van der Waals surface area contributed by atoms with Crippen LogP contribution in [0.5, 0.6) is 0 Å². The topological polar surface area (TPSA) is 58.2 Å². The average molecular weight is 353 g/mol. The predicted octanol–water partition coefficient (Wildman–Crippen LogP) is 2.72. The minimum Gasteiger partial charge on any atom is -0.317 e. The second-order valence-corrected chi connectivity index (χ2v) is 6.85. The van der Waals surface area contributed by atoms with E-state index in [1.807, 2.05) is 6.92 Å². The first-order valence-electron chi connectivity index (χ1n) is 6.11. The number of hydrogen-bond donors (Lipinski definition) is 2. The van der Waals surface area contributed by atoms with Gasteiger partial charge >= 0.3 is 0 Å². The molecule has 0 heterocycles. The first-order chi connectivity index (χ1) is 8.94. The van der Waals surface area contributed by atoms with Gasteiger partial charge in [-0.25, -0.2) is 12.8 Å². The Bertz CT molecular complexity index is 508. The van der Waals surface area contributed by atoms with Crippen molar-refractivity contribution in [1.82, 2.24) is 5.32 Å². The number of anilines is 1. The Hall–Kier alpha value is -0.660. The lowest BCUT2D eigenvalue weighted by atomic mass is 10.3. The number of sulfonamides is 1. The maximum atomic E-state index is 13.3. The lowest BCUT2D eigenvalue weighted by Crippen LogP contribution is -2.22. The van der Waals surface area contributed by atoms with Crippen LogP contribution in [0.15, 0.2) is 22.7 Å². The number of halogens is 2. The largest absolute Gasteiger partial charge is 0.317 e. The molecule has 1 aromatic carbocycles. The van der Waals surface area contributed by atoms with Gasteiger partial charge in [-0.1, -0.05) is 6.92 Å². The van der Waals surface area contributed by atoms with Gasteiger partial charge in [0.2, 0.25) is 10.0 Å². The van der Waals surface area contributed by atoms with Crippen molar-refractivity contribution in [2.24, 2.45) is 0 Å². The first-order valence-corrected chi connectivity index (χ1v) is 8.55. The lowest BCUT2D eigenvalue weighted by molar-refractivity contribution is 0.593. The second kappa shape index (κ2) is 7.81. The van der Waals surface area contributed by atoms with E-state index in [1.54, 1.807) is 0 Å². The summed E-state index contributed by atoms with van der Waals surface area (Å²) in [5.74, 6) is -0.480. The van der Waals surface area contributed by atoms with Gasteiger partial charge in [0, 0.05) is 0 Å².